The largest absolute Gasteiger partial charge is 0.265 e. The van der Waals surface area contributed by atoms with Crippen molar-refractivity contribution in [3.8, 4) is 202 Å². The number of nitrogens with zero attached hydrogens (tertiary/aromatic N) is 11. The average molecular weight is 1840 g/mol. The SMILES string of the molecule is CC1(C)c2cccc(-c3cccc(-c4nc(-c5ccc(-c6ccccc6)cc5)nc(-c5cccnc5)n4)c3)c2-c2ccc3ccccc3c21.CC1(C)c2cccc(-c3cccc(-c4nc(-c5ccncc5)nc(-c5ccc(-c6ccccc6)cc5)n4)c3)c2-c2c1ccc1ccccc21.CC1(C)c2ccccc2-c2ccc(-c3ccc(-c4cc(-c5cccnc5)nc(-c5cccc(-c6ccccc6)c5)n4)cc3)cc21. The molecule has 6 aromatic heterocycles. The quantitative estimate of drug-likeness (QED) is 0.0968. The Morgan fingerprint density at radius 2 is 0.503 bits per heavy atom. The molecule has 0 spiro atoms. The molecule has 0 radical (unpaired) electrons. The monoisotopic (exact) mass is 1830 g/mol. The van der Waals surface area contributed by atoms with Crippen LogP contribution in [0.25, 0.3) is 224 Å². The summed E-state index contributed by atoms with van der Waals surface area (Å²) in [5, 5.41) is 5.14. The van der Waals surface area contributed by atoms with E-state index < -0.39 is 0 Å². The molecule has 0 N–H and O–H groups in total. The van der Waals surface area contributed by atoms with Crippen molar-refractivity contribution in [2.45, 2.75) is 57.8 Å². The van der Waals surface area contributed by atoms with Gasteiger partial charge in [0.05, 0.1) is 11.4 Å². The van der Waals surface area contributed by atoms with E-state index in [0.29, 0.717) is 40.8 Å². The van der Waals surface area contributed by atoms with Crippen molar-refractivity contribution in [1.29, 1.82) is 0 Å². The number of hydrogen-bond acceptors (Lipinski definition) is 11. The van der Waals surface area contributed by atoms with Crippen molar-refractivity contribution < 1.29 is 0 Å². The Bertz CT molecular complexity index is 8800. The topological polar surface area (TPSA) is 142 Å². The van der Waals surface area contributed by atoms with Gasteiger partial charge < -0.3 is 0 Å². The fraction of sp³-hybridized carbons (Fsp3) is 0.0682. The Balaban J connectivity index is 0.000000116. The van der Waals surface area contributed by atoms with Gasteiger partial charge in [0.15, 0.2) is 40.8 Å². The van der Waals surface area contributed by atoms with Gasteiger partial charge in [-0.3, -0.25) is 15.0 Å². The number of pyridine rings is 3. The van der Waals surface area contributed by atoms with Crippen LogP contribution in [0.4, 0.5) is 0 Å². The maximum absolute atomic E-state index is 5.09. The maximum Gasteiger partial charge on any atom is 0.165 e. The molecule has 17 aromatic carbocycles. The molecule has 3 aliphatic carbocycles. The molecular weight excluding hydrogens is 1740 g/mol. The molecule has 23 aromatic rings. The lowest BCUT2D eigenvalue weighted by Crippen LogP contribution is -2.15. The van der Waals surface area contributed by atoms with Crippen molar-refractivity contribution in [1.82, 2.24) is 54.8 Å². The summed E-state index contributed by atoms with van der Waals surface area (Å²) < 4.78 is 0. The highest BCUT2D eigenvalue weighted by molar-refractivity contribution is 6.07. The Morgan fingerprint density at radius 3 is 1.07 bits per heavy atom. The van der Waals surface area contributed by atoms with Crippen LogP contribution < -0.4 is 0 Å². The molecule has 0 saturated heterocycles. The normalized spacial score (nSPS) is 12.9. The molecule has 26 rings (SSSR count). The number of rotatable bonds is 15. The van der Waals surface area contributed by atoms with Crippen LogP contribution in [-0.2, 0) is 16.2 Å². The Kier molecular flexibility index (Phi) is 22.4. The molecule has 11 nitrogen and oxygen atoms in total. The first-order chi connectivity index (χ1) is 70.1. The van der Waals surface area contributed by atoms with E-state index in [1.807, 2.05) is 60.8 Å². The molecule has 0 atom stereocenters. The zero-order valence-electron chi connectivity index (χ0n) is 79.9. The van der Waals surface area contributed by atoms with Crippen molar-refractivity contribution in [2.24, 2.45) is 0 Å². The summed E-state index contributed by atoms with van der Waals surface area (Å²) in [5.74, 6) is 4.40. The Morgan fingerprint density at radius 1 is 0.161 bits per heavy atom. The Labute approximate surface area is 832 Å². The lowest BCUT2D eigenvalue weighted by Gasteiger charge is -2.23. The number of hydrogen-bond donors (Lipinski definition) is 0. The van der Waals surface area contributed by atoms with Crippen molar-refractivity contribution in [3.05, 3.63) is 501 Å². The van der Waals surface area contributed by atoms with E-state index in [1.54, 1.807) is 31.0 Å². The third-order valence-corrected chi connectivity index (χ3v) is 28.7. The zero-order chi connectivity index (χ0) is 96.3. The van der Waals surface area contributed by atoms with Crippen LogP contribution in [0.15, 0.2) is 468 Å². The first-order valence-electron chi connectivity index (χ1n) is 48.6. The standard InChI is InChI=1S/2C45H32N4.C42H31N3/c1-45(2)39-19-9-18-36(40(39)38-25-24-31-13-6-7-17-37(31)41(38)45)33-14-8-15-34(27-33)43-47-42(48-44(49-43)35-16-10-26-46-28-35)32-22-20-30(21-23-32)29-11-4-3-5-12-29;1-45(2)38-17-9-16-37(41(38)40-36-15-7-6-12-31(36)22-23-39(40)45)34-13-8-14-35(28-34)44-48-42(47-43(49-44)33-24-26-46-27-25-33)32-20-18-30(19-21-32)29-10-4-3-5-11-29;1-42(2)37-16-7-6-15-35(37)36-22-21-32(25-38(36)42)29-17-19-30(20-18-29)39-26-40(34-14-9-23-43-27-34)45-41(44-39)33-13-8-12-31(24-33)28-10-4-3-5-11-28/h2*3-28H,1-2H3;3-27H,1-2H3. The van der Waals surface area contributed by atoms with Gasteiger partial charge in [-0.1, -0.05) is 406 Å². The molecule has 3 aliphatic rings. The fourth-order valence-corrected chi connectivity index (χ4v) is 21.3. The predicted octanol–water partition coefficient (Wildman–Crippen LogP) is 32.6. The summed E-state index contributed by atoms with van der Waals surface area (Å²) in [5.41, 5.74) is 40.1. The Hall–Kier alpha value is -18.2. The molecular formula is C132H95N11. The minimum atomic E-state index is -0.128. The third kappa shape index (κ3) is 16.5. The minimum absolute atomic E-state index is 0.0280. The van der Waals surface area contributed by atoms with Crippen LogP contribution in [-0.4, -0.2) is 54.8 Å². The first kappa shape index (κ1) is 87.6. The summed E-state index contributed by atoms with van der Waals surface area (Å²) in [4.78, 5) is 53.1. The van der Waals surface area contributed by atoms with E-state index in [-0.39, 0.29) is 16.2 Å². The predicted molar refractivity (Wildman–Crippen MR) is 584 cm³/mol. The second kappa shape index (κ2) is 36.6. The van der Waals surface area contributed by atoms with E-state index in [0.717, 1.165) is 94.8 Å². The smallest absolute Gasteiger partial charge is 0.165 e. The van der Waals surface area contributed by atoms with Crippen LogP contribution in [0.2, 0.25) is 0 Å². The van der Waals surface area contributed by atoms with E-state index >= 15 is 0 Å². The summed E-state index contributed by atoms with van der Waals surface area (Å²) in [7, 11) is 0. The molecule has 0 fully saturated rings. The first-order valence-corrected chi connectivity index (χ1v) is 48.6. The van der Waals surface area contributed by atoms with Gasteiger partial charge in [0.25, 0.3) is 0 Å². The highest BCUT2D eigenvalue weighted by Crippen LogP contribution is 2.58. The molecule has 0 unspecified atom stereocenters. The summed E-state index contributed by atoms with van der Waals surface area (Å²) in [6.07, 6.45) is 10.7. The van der Waals surface area contributed by atoms with Gasteiger partial charge >= 0.3 is 0 Å². The summed E-state index contributed by atoms with van der Waals surface area (Å²) in [6.45, 7) is 14.0. The molecule has 143 heavy (non-hydrogen) atoms. The molecule has 0 bridgehead atoms. The molecule has 0 saturated carbocycles. The fourth-order valence-electron chi connectivity index (χ4n) is 21.3. The van der Waals surface area contributed by atoms with E-state index in [4.69, 9.17) is 39.9 Å². The van der Waals surface area contributed by atoms with Gasteiger partial charge in [0.1, 0.15) is 0 Å². The van der Waals surface area contributed by atoms with Crippen LogP contribution in [0.1, 0.15) is 74.9 Å². The number of fused-ring (bicyclic) bond motifs is 13. The van der Waals surface area contributed by atoms with Gasteiger partial charge in [0.2, 0.25) is 0 Å². The third-order valence-electron chi connectivity index (χ3n) is 28.7. The van der Waals surface area contributed by atoms with Gasteiger partial charge in [0, 0.05) is 103 Å². The van der Waals surface area contributed by atoms with Crippen LogP contribution in [0.5, 0.6) is 0 Å². The number of benzene rings is 17. The van der Waals surface area contributed by atoms with Gasteiger partial charge in [-0.2, -0.15) is 0 Å². The van der Waals surface area contributed by atoms with Crippen molar-refractivity contribution in [3.63, 3.8) is 0 Å². The zero-order valence-corrected chi connectivity index (χ0v) is 79.9. The van der Waals surface area contributed by atoms with E-state index in [1.165, 1.54) is 122 Å². The number of aromatic nitrogens is 11. The minimum Gasteiger partial charge on any atom is -0.265 e. The van der Waals surface area contributed by atoms with E-state index in [9.17, 15) is 0 Å². The van der Waals surface area contributed by atoms with Crippen molar-refractivity contribution in [2.75, 3.05) is 0 Å². The second-order valence-corrected chi connectivity index (χ2v) is 38.4. The van der Waals surface area contributed by atoms with Crippen LogP contribution in [0.3, 0.4) is 0 Å². The summed E-state index contributed by atoms with van der Waals surface area (Å²) in [6, 6.07) is 152. The van der Waals surface area contributed by atoms with Gasteiger partial charge in [-0.15, -0.1) is 0 Å². The maximum atomic E-state index is 5.09. The molecule has 0 aliphatic heterocycles. The lowest BCUT2D eigenvalue weighted by atomic mass is 9.80. The molecule has 6 heterocycles. The molecule has 0 amide bonds. The van der Waals surface area contributed by atoms with Gasteiger partial charge in [-0.25, -0.2) is 39.9 Å². The molecule has 678 valence electrons. The lowest BCUT2D eigenvalue weighted by molar-refractivity contribution is 0.660. The molecule has 11 heteroatoms. The van der Waals surface area contributed by atoms with Crippen LogP contribution in [0, 0.1) is 0 Å². The van der Waals surface area contributed by atoms with Crippen molar-refractivity contribution >= 4 is 21.5 Å². The van der Waals surface area contributed by atoms with E-state index in [2.05, 4.69) is 433 Å². The highest BCUT2D eigenvalue weighted by Gasteiger charge is 2.41. The second-order valence-electron chi connectivity index (χ2n) is 38.4. The van der Waals surface area contributed by atoms with Gasteiger partial charge in [-0.05, 0) is 222 Å². The highest BCUT2D eigenvalue weighted by atomic mass is 15.0. The van der Waals surface area contributed by atoms with Crippen LogP contribution >= 0.6 is 0 Å². The average Bonchev–Trinajstić information content (AvgIpc) is 1.56. The summed E-state index contributed by atoms with van der Waals surface area (Å²) >= 11 is 0.